The van der Waals surface area contributed by atoms with Gasteiger partial charge in [0.1, 0.15) is 23.2 Å². The van der Waals surface area contributed by atoms with Crippen LogP contribution in [0, 0.1) is 0 Å². The Morgan fingerprint density at radius 2 is 1.04 bits per heavy atom. The normalized spacial score (nSPS) is 13.3. The zero-order valence-electron chi connectivity index (χ0n) is 17.5. The summed E-state index contributed by atoms with van der Waals surface area (Å²) in [5.41, 5.74) is 0. The molecule has 3 heteroatoms. The molecule has 146 valence electrons. The second-order valence-corrected chi connectivity index (χ2v) is 17.9. The highest BCUT2D eigenvalue weighted by Crippen LogP contribution is 2.59. The molecule has 1 nitrogen and oxygen atoms in total. The SMILES string of the molecule is CC(OCC[Si](C)(C)C)[P+](c1ccccc1)(c1ccccc1)c1ccccc1. The van der Waals surface area contributed by atoms with E-state index in [1.165, 1.54) is 22.0 Å². The minimum absolute atomic E-state index is 0.121. The first-order valence-electron chi connectivity index (χ1n) is 10.1. The molecule has 28 heavy (non-hydrogen) atoms. The summed E-state index contributed by atoms with van der Waals surface area (Å²) in [6, 6.07) is 34.1. The lowest BCUT2D eigenvalue weighted by molar-refractivity contribution is 0.132. The van der Waals surface area contributed by atoms with Crippen molar-refractivity contribution >= 4 is 31.2 Å². The van der Waals surface area contributed by atoms with Crippen molar-refractivity contribution in [2.45, 2.75) is 38.5 Å². The smallest absolute Gasteiger partial charge is 0.178 e. The molecule has 0 bridgehead atoms. The molecular formula is C25H32OPSi+. The Kier molecular flexibility index (Phi) is 6.88. The highest BCUT2D eigenvalue weighted by molar-refractivity contribution is 7.96. The highest BCUT2D eigenvalue weighted by Gasteiger charge is 2.51. The predicted octanol–water partition coefficient (Wildman–Crippen LogP) is 5.68. The number of benzene rings is 3. The maximum Gasteiger partial charge on any atom is 0.178 e. The van der Waals surface area contributed by atoms with E-state index >= 15 is 0 Å². The minimum Gasteiger partial charge on any atom is -0.343 e. The van der Waals surface area contributed by atoms with Gasteiger partial charge < -0.3 is 4.74 Å². The van der Waals surface area contributed by atoms with Crippen LogP contribution in [0.4, 0.5) is 0 Å². The van der Waals surface area contributed by atoms with Crippen molar-refractivity contribution in [3.05, 3.63) is 91.0 Å². The van der Waals surface area contributed by atoms with E-state index in [0.29, 0.717) is 0 Å². The Bertz CT molecular complexity index is 747. The molecule has 0 N–H and O–H groups in total. The van der Waals surface area contributed by atoms with Gasteiger partial charge in [-0.1, -0.05) is 74.2 Å². The van der Waals surface area contributed by atoms with Crippen molar-refractivity contribution < 1.29 is 4.74 Å². The van der Waals surface area contributed by atoms with Crippen molar-refractivity contribution in [1.82, 2.24) is 0 Å². The van der Waals surface area contributed by atoms with Gasteiger partial charge in [-0.2, -0.15) is 0 Å². The number of hydrogen-bond acceptors (Lipinski definition) is 1. The highest BCUT2D eigenvalue weighted by atomic mass is 31.2. The van der Waals surface area contributed by atoms with Crippen molar-refractivity contribution in [2.75, 3.05) is 6.61 Å². The summed E-state index contributed by atoms with van der Waals surface area (Å²) in [6.45, 7) is 10.4. The van der Waals surface area contributed by atoms with E-state index in [0.717, 1.165) is 6.61 Å². The van der Waals surface area contributed by atoms with Crippen LogP contribution < -0.4 is 15.9 Å². The Morgan fingerprint density at radius 3 is 1.36 bits per heavy atom. The summed E-state index contributed by atoms with van der Waals surface area (Å²) in [5.74, 6) is 0.121. The van der Waals surface area contributed by atoms with Crippen LogP contribution in [0.3, 0.4) is 0 Å². The lowest BCUT2D eigenvalue weighted by Gasteiger charge is -2.33. The first-order chi connectivity index (χ1) is 13.4. The second kappa shape index (κ2) is 9.18. The van der Waals surface area contributed by atoms with Crippen LogP contribution in [-0.4, -0.2) is 20.5 Å². The molecule has 0 aliphatic rings. The Hall–Kier alpha value is -1.73. The van der Waals surface area contributed by atoms with Gasteiger partial charge in [-0.25, -0.2) is 0 Å². The van der Waals surface area contributed by atoms with E-state index in [9.17, 15) is 0 Å². The summed E-state index contributed by atoms with van der Waals surface area (Å²) in [6.07, 6.45) is 0. The number of rotatable bonds is 8. The topological polar surface area (TPSA) is 9.23 Å². The van der Waals surface area contributed by atoms with E-state index in [2.05, 4.69) is 118 Å². The van der Waals surface area contributed by atoms with Gasteiger partial charge in [-0.15, -0.1) is 0 Å². The molecule has 3 rings (SSSR count). The third-order valence-corrected chi connectivity index (χ3v) is 11.5. The molecule has 0 aliphatic carbocycles. The van der Waals surface area contributed by atoms with Gasteiger partial charge >= 0.3 is 0 Å². The van der Waals surface area contributed by atoms with Crippen LogP contribution in [0.5, 0.6) is 0 Å². The zero-order valence-corrected chi connectivity index (χ0v) is 19.4. The van der Waals surface area contributed by atoms with Crippen molar-refractivity contribution in [3.63, 3.8) is 0 Å². The summed E-state index contributed by atoms with van der Waals surface area (Å²) < 4.78 is 6.63. The van der Waals surface area contributed by atoms with Crippen molar-refractivity contribution in [3.8, 4) is 0 Å². The summed E-state index contributed by atoms with van der Waals surface area (Å²) >= 11 is 0. The van der Waals surface area contributed by atoms with E-state index in [1.54, 1.807) is 0 Å². The minimum atomic E-state index is -1.93. The number of ether oxygens (including phenoxy) is 1. The third-order valence-electron chi connectivity index (χ3n) is 5.25. The van der Waals surface area contributed by atoms with Crippen LogP contribution in [-0.2, 0) is 4.74 Å². The second-order valence-electron chi connectivity index (χ2n) is 8.51. The molecule has 3 aromatic rings. The van der Waals surface area contributed by atoms with E-state index in [1.807, 2.05) is 0 Å². The first kappa shape index (κ1) is 21.0. The molecule has 1 atom stereocenters. The Balaban J connectivity index is 2.14. The molecule has 0 heterocycles. The standard InChI is InChI=1S/C25H32OPSi/c1-22(26-20-21-28(2,3)4)27(23-14-8-5-9-15-23,24-16-10-6-11-17-24)25-18-12-7-13-19-25/h5-19,22H,20-21H2,1-4H3/q+1. The van der Waals surface area contributed by atoms with Crippen LogP contribution in [0.25, 0.3) is 0 Å². The van der Waals surface area contributed by atoms with Crippen LogP contribution >= 0.6 is 7.26 Å². The largest absolute Gasteiger partial charge is 0.343 e. The van der Waals surface area contributed by atoms with Gasteiger partial charge in [0.05, 0.1) is 0 Å². The average Bonchev–Trinajstić information content (AvgIpc) is 2.70. The lowest BCUT2D eigenvalue weighted by Crippen LogP contribution is -2.39. The van der Waals surface area contributed by atoms with E-state index in [-0.39, 0.29) is 5.85 Å². The maximum atomic E-state index is 6.63. The Morgan fingerprint density at radius 1 is 0.679 bits per heavy atom. The molecule has 0 saturated carbocycles. The monoisotopic (exact) mass is 407 g/mol. The van der Waals surface area contributed by atoms with Crippen LogP contribution in [0.1, 0.15) is 6.92 Å². The molecule has 3 aromatic carbocycles. The van der Waals surface area contributed by atoms with E-state index in [4.69, 9.17) is 4.74 Å². The van der Waals surface area contributed by atoms with Gasteiger partial charge in [-0.3, -0.25) is 0 Å². The summed E-state index contributed by atoms with van der Waals surface area (Å²) in [5, 5.41) is 4.15. The molecular weight excluding hydrogens is 375 g/mol. The van der Waals surface area contributed by atoms with Gasteiger partial charge in [0.25, 0.3) is 0 Å². The predicted molar refractivity (Wildman–Crippen MR) is 129 cm³/mol. The van der Waals surface area contributed by atoms with Crippen LogP contribution in [0.15, 0.2) is 91.0 Å². The quantitative estimate of drug-likeness (QED) is 0.345. The molecule has 0 fully saturated rings. The van der Waals surface area contributed by atoms with Gasteiger partial charge in [0.2, 0.25) is 0 Å². The fourth-order valence-electron chi connectivity index (χ4n) is 3.71. The molecule has 0 aromatic heterocycles. The third kappa shape index (κ3) is 4.63. The molecule has 0 spiro atoms. The maximum absolute atomic E-state index is 6.63. The summed E-state index contributed by atoms with van der Waals surface area (Å²) in [4.78, 5) is 0. The van der Waals surface area contributed by atoms with Crippen LogP contribution in [0.2, 0.25) is 25.7 Å². The lowest BCUT2D eigenvalue weighted by atomic mass is 10.4. The van der Waals surface area contributed by atoms with Gasteiger partial charge in [0, 0.05) is 14.7 Å². The van der Waals surface area contributed by atoms with E-state index < -0.39 is 15.3 Å². The fraction of sp³-hybridized carbons (Fsp3) is 0.280. The average molecular weight is 408 g/mol. The molecule has 0 saturated heterocycles. The molecule has 0 radical (unpaired) electrons. The Labute approximate surface area is 172 Å². The van der Waals surface area contributed by atoms with Crippen molar-refractivity contribution in [1.29, 1.82) is 0 Å². The number of hydrogen-bond donors (Lipinski definition) is 0. The van der Waals surface area contributed by atoms with Crippen molar-refractivity contribution in [2.24, 2.45) is 0 Å². The molecule has 0 aliphatic heterocycles. The molecule has 0 amide bonds. The zero-order chi connectivity index (χ0) is 20.0. The van der Waals surface area contributed by atoms with Gasteiger partial charge in [-0.05, 0) is 49.4 Å². The fourth-order valence-corrected chi connectivity index (χ4v) is 8.85. The van der Waals surface area contributed by atoms with Gasteiger partial charge in [0.15, 0.2) is 5.85 Å². The summed E-state index contributed by atoms with van der Waals surface area (Å²) in [7, 11) is -3.07. The first-order valence-corrected chi connectivity index (χ1v) is 15.7. The molecule has 1 unspecified atom stereocenters.